The van der Waals surface area contributed by atoms with Crippen LogP contribution in [0, 0.1) is 0 Å². The van der Waals surface area contributed by atoms with Crippen molar-refractivity contribution in [3.63, 3.8) is 0 Å². The fraction of sp³-hybridized carbons (Fsp3) is 0.267. The number of carbonyl (C=O) groups is 1. The van der Waals surface area contributed by atoms with E-state index >= 15 is 0 Å². The molecule has 2 N–H and O–H groups in total. The summed E-state index contributed by atoms with van der Waals surface area (Å²) in [6, 6.07) is 21.3. The molecule has 240 valence electrons. The monoisotopic (exact) mass is 655 g/mol. The number of pyridine rings is 1. The molecule has 1 aliphatic heterocycles. The highest BCUT2D eigenvalue weighted by Gasteiger charge is 2.44. The van der Waals surface area contributed by atoms with E-state index in [4.69, 9.17) is 18.0 Å². The van der Waals surface area contributed by atoms with Crippen LogP contribution in [0.2, 0.25) is 0 Å². The number of para-hydroxylation sites is 1. The van der Waals surface area contributed by atoms with Crippen molar-refractivity contribution in [1.82, 2.24) is 9.47 Å². The van der Waals surface area contributed by atoms with E-state index in [-0.39, 0.29) is 15.7 Å². The molecule has 4 aromatic rings. The molecule has 0 atom stereocenters. The smallest absolute Gasteiger partial charge is 0.352 e. The topological polar surface area (TPSA) is 99.6 Å². The normalized spacial score (nSPS) is 13.7. The molecule has 0 saturated carbocycles. The lowest BCUT2D eigenvalue weighted by atomic mass is 10.0. The lowest BCUT2D eigenvalue weighted by Crippen LogP contribution is -2.37. The van der Waals surface area contributed by atoms with E-state index in [1.165, 1.54) is 12.1 Å². The van der Waals surface area contributed by atoms with Gasteiger partial charge in [-0.25, -0.2) is 4.98 Å². The van der Waals surface area contributed by atoms with E-state index in [1.807, 2.05) is 42.5 Å². The van der Waals surface area contributed by atoms with Crippen LogP contribution in [-0.4, -0.2) is 57.1 Å². The number of amides is 1. The molecule has 15 heteroatoms. The standard InChI is InChI=1S/C29H27F3N4O.CHF3O3S/c1-36(2,3)25-14-13-20(17-23(25)29(30,31)32)28(37)34-26-21-11-7-8-12-24(21)33-27-22(26)15-16-35(27)18-19-9-5-4-6-10-19;2-1(3,4)8(5,6)7/h4-14,17H,15-16,18H2,1-3H3;(H,5,6,7)/p+1. The Balaban J connectivity index is 0.000000510. The Morgan fingerprint density at radius 2 is 1.56 bits per heavy atom. The zero-order valence-corrected chi connectivity index (χ0v) is 25.1. The van der Waals surface area contributed by atoms with Gasteiger partial charge >= 0.3 is 21.8 Å². The van der Waals surface area contributed by atoms with Crippen molar-refractivity contribution in [3.8, 4) is 0 Å². The van der Waals surface area contributed by atoms with Crippen LogP contribution in [0.15, 0.2) is 72.8 Å². The van der Waals surface area contributed by atoms with Crippen LogP contribution in [0.1, 0.15) is 27.0 Å². The lowest BCUT2D eigenvalue weighted by Gasteiger charge is -2.27. The number of rotatable bonds is 5. The zero-order valence-electron chi connectivity index (χ0n) is 24.2. The van der Waals surface area contributed by atoms with Gasteiger partial charge in [-0.15, -0.1) is 0 Å². The summed E-state index contributed by atoms with van der Waals surface area (Å²) in [5.74, 6) is 0.202. The molecular weight excluding hydrogens is 626 g/mol. The van der Waals surface area contributed by atoms with Crippen LogP contribution in [0.3, 0.4) is 0 Å². The number of carbonyl (C=O) groups excluding carboxylic acids is 1. The summed E-state index contributed by atoms with van der Waals surface area (Å²) in [6.07, 6.45) is -3.91. The maximum absolute atomic E-state index is 13.9. The Labute approximate surface area is 255 Å². The SMILES string of the molecule is C[N+](C)(C)c1ccc(C(=O)Nc2c3c(nc4ccccc24)N(Cc2ccccc2)CC3)cc1C(F)(F)F.O=S(=O)(O)C(F)(F)F. The van der Waals surface area contributed by atoms with E-state index in [0.29, 0.717) is 24.2 Å². The van der Waals surface area contributed by atoms with Gasteiger partial charge < -0.3 is 10.2 Å². The van der Waals surface area contributed by atoms with Crippen LogP contribution in [-0.2, 0) is 29.3 Å². The third kappa shape index (κ3) is 7.72. The average Bonchev–Trinajstić information content (AvgIpc) is 3.33. The molecule has 0 spiro atoms. The molecule has 0 radical (unpaired) electrons. The van der Waals surface area contributed by atoms with E-state index in [1.54, 1.807) is 21.1 Å². The number of halogens is 6. The summed E-state index contributed by atoms with van der Waals surface area (Å²) in [4.78, 5) is 20.4. The van der Waals surface area contributed by atoms with Gasteiger partial charge in [0, 0.05) is 35.7 Å². The summed E-state index contributed by atoms with van der Waals surface area (Å²) in [7, 11) is -0.846. The predicted octanol–water partition coefficient (Wildman–Crippen LogP) is 6.66. The first-order valence-electron chi connectivity index (χ1n) is 13.4. The first kappa shape index (κ1) is 33.7. The van der Waals surface area contributed by atoms with Crippen molar-refractivity contribution in [3.05, 3.63) is 95.1 Å². The van der Waals surface area contributed by atoms with Crippen LogP contribution < -0.4 is 14.7 Å². The number of anilines is 2. The van der Waals surface area contributed by atoms with E-state index in [2.05, 4.69) is 22.3 Å². The fourth-order valence-corrected chi connectivity index (χ4v) is 4.87. The summed E-state index contributed by atoms with van der Waals surface area (Å²) < 4.78 is 99.2. The number of nitrogens with zero attached hydrogens (tertiary/aromatic N) is 3. The molecule has 3 aromatic carbocycles. The summed E-state index contributed by atoms with van der Waals surface area (Å²) in [6.45, 7) is 1.40. The van der Waals surface area contributed by atoms with Crippen molar-refractivity contribution < 1.29 is 44.1 Å². The maximum Gasteiger partial charge on any atom is 0.522 e. The first-order chi connectivity index (χ1) is 20.8. The molecule has 0 unspecified atom stereocenters. The fourth-order valence-electron chi connectivity index (χ4n) is 4.87. The second-order valence-corrected chi connectivity index (χ2v) is 12.5. The minimum atomic E-state index is -5.84. The van der Waals surface area contributed by atoms with Gasteiger partial charge in [0.15, 0.2) is 0 Å². The van der Waals surface area contributed by atoms with Crippen LogP contribution in [0.25, 0.3) is 10.9 Å². The minimum absolute atomic E-state index is 0.0174. The quantitative estimate of drug-likeness (QED) is 0.108. The third-order valence-corrected chi connectivity index (χ3v) is 7.52. The van der Waals surface area contributed by atoms with Crippen molar-refractivity contribution in [2.45, 2.75) is 24.7 Å². The number of hydrogen-bond donors (Lipinski definition) is 2. The molecule has 0 fully saturated rings. The van der Waals surface area contributed by atoms with Crippen molar-refractivity contribution in [1.29, 1.82) is 0 Å². The van der Waals surface area contributed by atoms with Gasteiger partial charge in [-0.2, -0.15) is 34.8 Å². The number of benzene rings is 3. The molecule has 1 aliphatic rings. The Hall–Kier alpha value is -4.21. The second-order valence-electron chi connectivity index (χ2n) is 11.1. The number of quaternary nitrogens is 1. The molecule has 0 bridgehead atoms. The largest absolute Gasteiger partial charge is 0.522 e. The number of alkyl halides is 6. The molecule has 45 heavy (non-hydrogen) atoms. The number of hydrogen-bond acceptors (Lipinski definition) is 5. The predicted molar refractivity (Wildman–Crippen MR) is 160 cm³/mol. The third-order valence-electron chi connectivity index (χ3n) is 6.94. The summed E-state index contributed by atoms with van der Waals surface area (Å²) in [5, 5.41) is 3.70. The Bertz CT molecular complexity index is 1820. The first-order valence-corrected chi connectivity index (χ1v) is 14.8. The van der Waals surface area contributed by atoms with Crippen molar-refractivity contribution in [2.75, 3.05) is 37.9 Å². The molecule has 5 rings (SSSR count). The molecule has 0 aliphatic carbocycles. The number of nitrogens with one attached hydrogen (secondary N) is 1. The Morgan fingerprint density at radius 3 is 2.13 bits per heavy atom. The lowest BCUT2D eigenvalue weighted by molar-refractivity contribution is -0.137. The van der Waals surface area contributed by atoms with Gasteiger partial charge in [0.05, 0.1) is 32.3 Å². The second kappa shape index (κ2) is 12.3. The van der Waals surface area contributed by atoms with E-state index in [9.17, 15) is 31.1 Å². The van der Waals surface area contributed by atoms with Gasteiger partial charge in [0.2, 0.25) is 0 Å². The molecule has 1 aromatic heterocycles. The summed E-state index contributed by atoms with van der Waals surface area (Å²) in [5.41, 5.74) is -2.94. The van der Waals surface area contributed by atoms with Gasteiger partial charge in [-0.1, -0.05) is 48.5 Å². The average molecular weight is 656 g/mol. The van der Waals surface area contributed by atoms with Crippen molar-refractivity contribution in [2.24, 2.45) is 0 Å². The number of aromatic nitrogens is 1. The van der Waals surface area contributed by atoms with Gasteiger partial charge in [-0.3, -0.25) is 13.8 Å². The van der Waals surface area contributed by atoms with Crippen LogP contribution >= 0.6 is 0 Å². The zero-order chi connectivity index (χ0) is 33.4. The van der Waals surface area contributed by atoms with Crippen LogP contribution in [0.4, 0.5) is 43.5 Å². The number of fused-ring (bicyclic) bond motifs is 2. The maximum atomic E-state index is 13.9. The Morgan fingerprint density at radius 1 is 0.956 bits per heavy atom. The van der Waals surface area contributed by atoms with E-state index < -0.39 is 33.3 Å². The van der Waals surface area contributed by atoms with Crippen LogP contribution in [0.5, 0.6) is 0 Å². The van der Waals surface area contributed by atoms with E-state index in [0.717, 1.165) is 34.9 Å². The highest BCUT2D eigenvalue weighted by atomic mass is 32.2. The van der Waals surface area contributed by atoms with Gasteiger partial charge in [0.25, 0.3) is 5.91 Å². The highest BCUT2D eigenvalue weighted by Crippen LogP contribution is 2.40. The molecule has 1 amide bonds. The highest BCUT2D eigenvalue weighted by molar-refractivity contribution is 7.86. The molecular formula is C30H29F6N4O4S+. The Kier molecular flexibility index (Phi) is 9.20. The molecule has 8 nitrogen and oxygen atoms in total. The molecule has 0 saturated heterocycles. The summed E-state index contributed by atoms with van der Waals surface area (Å²) >= 11 is 0. The molecule has 2 heterocycles. The minimum Gasteiger partial charge on any atom is -0.352 e. The van der Waals surface area contributed by atoms with Gasteiger partial charge in [-0.05, 0) is 30.2 Å². The van der Waals surface area contributed by atoms with Gasteiger partial charge in [0.1, 0.15) is 17.1 Å². The van der Waals surface area contributed by atoms with Crippen molar-refractivity contribution >= 4 is 44.1 Å².